The van der Waals surface area contributed by atoms with Crippen LogP contribution >= 0.6 is 23.4 Å². The van der Waals surface area contributed by atoms with Crippen molar-refractivity contribution in [3.05, 3.63) is 34.3 Å². The summed E-state index contributed by atoms with van der Waals surface area (Å²) in [5, 5.41) is 4.61. The van der Waals surface area contributed by atoms with E-state index in [1.54, 1.807) is 0 Å². The molecule has 112 valence electrons. The van der Waals surface area contributed by atoms with Gasteiger partial charge in [-0.3, -0.25) is 0 Å². The maximum atomic E-state index is 6.30. The second kappa shape index (κ2) is 8.31. The molecule has 0 bridgehead atoms. The second-order valence-electron chi connectivity index (χ2n) is 5.81. The molecule has 3 heteroatoms. The lowest BCUT2D eigenvalue weighted by atomic mass is 9.90. The number of aryl methyl sites for hydroxylation is 1. The molecule has 1 aromatic rings. The largest absolute Gasteiger partial charge is 0.310 e. The van der Waals surface area contributed by atoms with E-state index < -0.39 is 0 Å². The van der Waals surface area contributed by atoms with E-state index in [0.717, 1.165) is 17.5 Å². The molecular weight excluding hydrogens is 286 g/mol. The fraction of sp³-hybridized carbons (Fsp3) is 0.647. The maximum Gasteiger partial charge on any atom is 0.0438 e. The number of hydrogen-bond acceptors (Lipinski definition) is 2. The van der Waals surface area contributed by atoms with Crippen molar-refractivity contribution in [2.75, 3.05) is 18.1 Å². The van der Waals surface area contributed by atoms with E-state index in [-0.39, 0.29) is 0 Å². The molecule has 1 unspecified atom stereocenters. The molecule has 1 heterocycles. The number of halogens is 1. The molecule has 1 aromatic carbocycles. The fourth-order valence-corrected chi connectivity index (χ4v) is 4.19. The van der Waals surface area contributed by atoms with Crippen molar-refractivity contribution < 1.29 is 0 Å². The minimum absolute atomic E-state index is 0.459. The third-order valence-electron chi connectivity index (χ3n) is 4.15. The molecule has 0 amide bonds. The van der Waals surface area contributed by atoms with Gasteiger partial charge in [-0.15, -0.1) is 0 Å². The summed E-state index contributed by atoms with van der Waals surface area (Å²) in [5.74, 6) is 3.53. The van der Waals surface area contributed by atoms with E-state index in [0.29, 0.717) is 6.04 Å². The van der Waals surface area contributed by atoms with Crippen molar-refractivity contribution in [2.24, 2.45) is 5.92 Å². The Kier molecular flexibility index (Phi) is 6.73. The molecule has 20 heavy (non-hydrogen) atoms. The Morgan fingerprint density at radius 2 is 2.10 bits per heavy atom. The van der Waals surface area contributed by atoms with Crippen molar-refractivity contribution in [3.63, 3.8) is 0 Å². The van der Waals surface area contributed by atoms with Crippen molar-refractivity contribution in [1.82, 2.24) is 5.32 Å². The Labute approximate surface area is 132 Å². The van der Waals surface area contributed by atoms with E-state index in [1.165, 1.54) is 48.3 Å². The lowest BCUT2D eigenvalue weighted by molar-refractivity contribution is 0.370. The third kappa shape index (κ3) is 4.68. The van der Waals surface area contributed by atoms with Gasteiger partial charge in [0.25, 0.3) is 0 Å². The van der Waals surface area contributed by atoms with Gasteiger partial charge in [-0.1, -0.05) is 30.7 Å². The van der Waals surface area contributed by atoms with E-state index >= 15 is 0 Å². The molecule has 1 atom stereocenters. The molecule has 1 aliphatic rings. The van der Waals surface area contributed by atoms with Gasteiger partial charge in [0.2, 0.25) is 0 Å². The van der Waals surface area contributed by atoms with Crippen LogP contribution in [-0.2, 0) is 0 Å². The quantitative estimate of drug-likeness (QED) is 0.772. The van der Waals surface area contributed by atoms with Gasteiger partial charge in [-0.2, -0.15) is 11.8 Å². The lowest BCUT2D eigenvalue weighted by Gasteiger charge is -2.27. The predicted octanol–water partition coefficient (Wildman–Crippen LogP) is 5.22. The monoisotopic (exact) mass is 311 g/mol. The Balaban J connectivity index is 2.06. The van der Waals surface area contributed by atoms with Crippen LogP contribution in [0.5, 0.6) is 0 Å². The van der Waals surface area contributed by atoms with Crippen LogP contribution in [0.15, 0.2) is 18.2 Å². The molecule has 1 saturated heterocycles. The summed E-state index contributed by atoms with van der Waals surface area (Å²) in [4.78, 5) is 0. The van der Waals surface area contributed by atoms with Crippen LogP contribution in [0.4, 0.5) is 0 Å². The summed E-state index contributed by atoms with van der Waals surface area (Å²) in [5.41, 5.74) is 2.52. The Morgan fingerprint density at radius 3 is 2.75 bits per heavy atom. The van der Waals surface area contributed by atoms with Crippen LogP contribution in [0.1, 0.15) is 49.8 Å². The molecule has 1 nitrogen and oxygen atoms in total. The SMILES string of the molecule is CCCNC(CC1CCSCC1)c1ccc(C)c(Cl)c1. The molecule has 0 aromatic heterocycles. The summed E-state index contributed by atoms with van der Waals surface area (Å²) < 4.78 is 0. The number of nitrogens with one attached hydrogen (secondary N) is 1. The van der Waals surface area contributed by atoms with Gasteiger partial charge in [-0.25, -0.2) is 0 Å². The molecule has 1 fully saturated rings. The molecule has 2 rings (SSSR count). The molecule has 0 saturated carbocycles. The summed E-state index contributed by atoms with van der Waals surface area (Å²) in [6, 6.07) is 7.00. The fourth-order valence-electron chi connectivity index (χ4n) is 2.80. The first-order valence-corrected chi connectivity index (χ1v) is 9.31. The minimum atomic E-state index is 0.459. The van der Waals surface area contributed by atoms with Crippen molar-refractivity contribution in [2.45, 2.75) is 45.6 Å². The molecule has 0 radical (unpaired) electrons. The highest BCUT2D eigenvalue weighted by molar-refractivity contribution is 7.99. The number of thioether (sulfide) groups is 1. The summed E-state index contributed by atoms with van der Waals surface area (Å²) in [6.45, 7) is 5.38. The summed E-state index contributed by atoms with van der Waals surface area (Å²) in [7, 11) is 0. The Morgan fingerprint density at radius 1 is 1.35 bits per heavy atom. The van der Waals surface area contributed by atoms with E-state index in [9.17, 15) is 0 Å². The van der Waals surface area contributed by atoms with Gasteiger partial charge in [-0.05, 0) is 73.8 Å². The highest BCUT2D eigenvalue weighted by Crippen LogP contribution is 2.32. The molecule has 0 aliphatic carbocycles. The number of rotatable bonds is 6. The van der Waals surface area contributed by atoms with Gasteiger partial charge in [0.05, 0.1) is 0 Å². The predicted molar refractivity (Wildman–Crippen MR) is 91.9 cm³/mol. The molecular formula is C17H26ClNS. The lowest BCUT2D eigenvalue weighted by Crippen LogP contribution is -2.26. The average molecular weight is 312 g/mol. The normalized spacial score (nSPS) is 18.1. The zero-order valence-corrected chi connectivity index (χ0v) is 14.2. The van der Waals surface area contributed by atoms with Gasteiger partial charge in [0.1, 0.15) is 0 Å². The van der Waals surface area contributed by atoms with Gasteiger partial charge < -0.3 is 5.32 Å². The smallest absolute Gasteiger partial charge is 0.0438 e. The van der Waals surface area contributed by atoms with Crippen LogP contribution < -0.4 is 5.32 Å². The minimum Gasteiger partial charge on any atom is -0.310 e. The van der Waals surface area contributed by atoms with Crippen LogP contribution in [0.3, 0.4) is 0 Å². The first kappa shape index (κ1) is 16.2. The second-order valence-corrected chi connectivity index (χ2v) is 7.44. The zero-order valence-electron chi connectivity index (χ0n) is 12.6. The standard InChI is InChI=1S/C17H26ClNS/c1-3-8-19-17(11-14-6-9-20-10-7-14)15-5-4-13(2)16(18)12-15/h4-5,12,14,17,19H,3,6-11H2,1-2H3. The first-order valence-electron chi connectivity index (χ1n) is 7.78. The van der Waals surface area contributed by atoms with Crippen molar-refractivity contribution >= 4 is 23.4 Å². The summed E-state index contributed by atoms with van der Waals surface area (Å²) in [6.07, 6.45) is 5.17. The third-order valence-corrected chi connectivity index (χ3v) is 5.60. The molecule has 0 spiro atoms. The van der Waals surface area contributed by atoms with Gasteiger partial charge in [0, 0.05) is 11.1 Å². The van der Waals surface area contributed by atoms with E-state index in [4.69, 9.17) is 11.6 Å². The number of benzene rings is 1. The number of hydrogen-bond donors (Lipinski definition) is 1. The van der Waals surface area contributed by atoms with Crippen LogP contribution in [0, 0.1) is 12.8 Å². The van der Waals surface area contributed by atoms with Crippen LogP contribution in [-0.4, -0.2) is 18.1 Å². The molecule has 1 N–H and O–H groups in total. The first-order chi connectivity index (χ1) is 9.70. The topological polar surface area (TPSA) is 12.0 Å². The van der Waals surface area contributed by atoms with E-state index in [2.05, 4.69) is 49.1 Å². The van der Waals surface area contributed by atoms with Crippen LogP contribution in [0.2, 0.25) is 5.02 Å². The highest BCUT2D eigenvalue weighted by Gasteiger charge is 2.20. The maximum absolute atomic E-state index is 6.30. The highest BCUT2D eigenvalue weighted by atomic mass is 35.5. The van der Waals surface area contributed by atoms with Gasteiger partial charge >= 0.3 is 0 Å². The average Bonchev–Trinajstić information content (AvgIpc) is 2.47. The molecule has 1 aliphatic heterocycles. The Hall–Kier alpha value is -0.180. The van der Waals surface area contributed by atoms with Gasteiger partial charge in [0.15, 0.2) is 0 Å². The van der Waals surface area contributed by atoms with Crippen molar-refractivity contribution in [3.8, 4) is 0 Å². The zero-order chi connectivity index (χ0) is 14.4. The van der Waals surface area contributed by atoms with E-state index in [1.807, 2.05) is 0 Å². The van der Waals surface area contributed by atoms with Crippen molar-refractivity contribution in [1.29, 1.82) is 0 Å². The van der Waals surface area contributed by atoms with Crippen LogP contribution in [0.25, 0.3) is 0 Å². The Bertz CT molecular complexity index is 415. The summed E-state index contributed by atoms with van der Waals surface area (Å²) >= 11 is 8.41.